The molecule has 0 aliphatic rings. The normalized spacial score (nSPS) is 15.8. The zero-order valence-corrected chi connectivity index (χ0v) is 9.95. The van der Waals surface area contributed by atoms with Crippen LogP contribution in [0.15, 0.2) is 24.5 Å². The Morgan fingerprint density at radius 2 is 1.69 bits per heavy atom. The van der Waals surface area contributed by atoms with Gasteiger partial charge in [-0.15, -0.1) is 0 Å². The van der Waals surface area contributed by atoms with Crippen molar-refractivity contribution in [2.45, 2.75) is 31.5 Å². The second kappa shape index (κ2) is 4.75. The summed E-state index contributed by atoms with van der Waals surface area (Å²) in [5, 5.41) is 0. The molecule has 1 heterocycles. The summed E-state index contributed by atoms with van der Waals surface area (Å²) in [5.74, 6) is 1.22. The van der Waals surface area contributed by atoms with Crippen molar-refractivity contribution >= 4 is 15.9 Å². The number of hydrogen-bond donors (Lipinski definition) is 0. The summed E-state index contributed by atoms with van der Waals surface area (Å²) >= 11 is 3.66. The van der Waals surface area contributed by atoms with Crippen molar-refractivity contribution in [1.29, 1.82) is 0 Å². The molecule has 0 spiro atoms. The van der Waals surface area contributed by atoms with E-state index in [1.54, 1.807) is 0 Å². The van der Waals surface area contributed by atoms with Gasteiger partial charge in [-0.05, 0) is 29.5 Å². The third kappa shape index (κ3) is 2.80. The molecule has 1 rings (SSSR count). The van der Waals surface area contributed by atoms with E-state index in [1.165, 1.54) is 5.56 Å². The van der Waals surface area contributed by atoms with Gasteiger partial charge in [0.1, 0.15) is 0 Å². The van der Waals surface area contributed by atoms with E-state index in [0.29, 0.717) is 16.7 Å². The highest BCUT2D eigenvalue weighted by Crippen LogP contribution is 2.31. The van der Waals surface area contributed by atoms with Gasteiger partial charge in [0.15, 0.2) is 0 Å². The van der Waals surface area contributed by atoms with Gasteiger partial charge >= 0.3 is 0 Å². The second-order valence-corrected chi connectivity index (χ2v) is 5.17. The highest BCUT2D eigenvalue weighted by Gasteiger charge is 2.20. The fourth-order valence-electron chi connectivity index (χ4n) is 1.77. The molecular weight excluding hydrogens is 226 g/mol. The smallest absolute Gasteiger partial charge is 0.0270 e. The molecule has 72 valence electrons. The zero-order valence-electron chi connectivity index (χ0n) is 8.37. The van der Waals surface area contributed by atoms with Gasteiger partial charge in [-0.25, -0.2) is 0 Å². The molecule has 2 atom stereocenters. The minimum Gasteiger partial charge on any atom is -0.265 e. The Kier molecular flexibility index (Phi) is 3.91. The van der Waals surface area contributed by atoms with Gasteiger partial charge in [-0.3, -0.25) is 4.98 Å². The monoisotopic (exact) mass is 241 g/mol. The highest BCUT2D eigenvalue weighted by molar-refractivity contribution is 9.09. The average Bonchev–Trinajstić information content (AvgIpc) is 2.04. The molecule has 0 amide bonds. The first kappa shape index (κ1) is 10.7. The van der Waals surface area contributed by atoms with Gasteiger partial charge < -0.3 is 0 Å². The first-order chi connectivity index (χ1) is 6.13. The molecule has 0 aromatic carbocycles. The van der Waals surface area contributed by atoms with E-state index in [0.717, 1.165) is 0 Å². The zero-order chi connectivity index (χ0) is 9.84. The topological polar surface area (TPSA) is 12.9 Å². The molecule has 2 heteroatoms. The Balaban J connectivity index is 2.89. The Labute approximate surface area is 88.7 Å². The fraction of sp³-hybridized carbons (Fsp3) is 0.545. The van der Waals surface area contributed by atoms with E-state index < -0.39 is 0 Å². The molecule has 0 bridgehead atoms. The number of alkyl halides is 1. The summed E-state index contributed by atoms with van der Waals surface area (Å²) in [6.07, 6.45) is 3.72. The average molecular weight is 242 g/mol. The Hall–Kier alpha value is -0.370. The van der Waals surface area contributed by atoms with Crippen molar-refractivity contribution in [3.05, 3.63) is 30.1 Å². The Morgan fingerprint density at radius 3 is 2.08 bits per heavy atom. The van der Waals surface area contributed by atoms with Crippen molar-refractivity contribution in [2.24, 2.45) is 5.92 Å². The van der Waals surface area contributed by atoms with E-state index >= 15 is 0 Å². The number of halogens is 1. The van der Waals surface area contributed by atoms with Crippen molar-refractivity contribution in [3.63, 3.8) is 0 Å². The van der Waals surface area contributed by atoms with Crippen LogP contribution in [0.4, 0.5) is 0 Å². The summed E-state index contributed by atoms with van der Waals surface area (Å²) in [5.41, 5.74) is 1.37. The Bertz CT molecular complexity index is 236. The van der Waals surface area contributed by atoms with Gasteiger partial charge in [0.05, 0.1) is 0 Å². The molecule has 2 unspecified atom stereocenters. The molecule has 0 saturated carbocycles. The lowest BCUT2D eigenvalue weighted by atomic mass is 9.87. The van der Waals surface area contributed by atoms with Crippen molar-refractivity contribution in [1.82, 2.24) is 4.98 Å². The van der Waals surface area contributed by atoms with Gasteiger partial charge in [-0.2, -0.15) is 0 Å². The largest absolute Gasteiger partial charge is 0.265 e. The van der Waals surface area contributed by atoms with Gasteiger partial charge in [0, 0.05) is 17.2 Å². The minimum absolute atomic E-state index is 0.509. The first-order valence-electron chi connectivity index (χ1n) is 4.67. The maximum absolute atomic E-state index is 4.03. The molecule has 0 radical (unpaired) electrons. The van der Waals surface area contributed by atoms with E-state index in [1.807, 2.05) is 12.4 Å². The van der Waals surface area contributed by atoms with Crippen LogP contribution in [0.3, 0.4) is 0 Å². The maximum atomic E-state index is 4.03. The summed E-state index contributed by atoms with van der Waals surface area (Å²) in [6, 6.07) is 4.20. The van der Waals surface area contributed by atoms with E-state index in [9.17, 15) is 0 Å². The van der Waals surface area contributed by atoms with Gasteiger partial charge in [-0.1, -0.05) is 36.7 Å². The molecule has 1 nitrogen and oxygen atoms in total. The first-order valence-corrected chi connectivity index (χ1v) is 5.58. The van der Waals surface area contributed by atoms with Crippen LogP contribution in [-0.2, 0) is 0 Å². The predicted octanol–water partition coefficient (Wildman–Crippen LogP) is 3.60. The lowest BCUT2D eigenvalue weighted by Gasteiger charge is -2.23. The lowest BCUT2D eigenvalue weighted by Crippen LogP contribution is -2.15. The molecule has 13 heavy (non-hydrogen) atoms. The van der Waals surface area contributed by atoms with Crippen LogP contribution in [0.5, 0.6) is 0 Å². The molecule has 1 aromatic rings. The summed E-state index contributed by atoms with van der Waals surface area (Å²) in [4.78, 5) is 4.54. The Morgan fingerprint density at radius 1 is 1.15 bits per heavy atom. The molecule has 0 N–H and O–H groups in total. The summed E-state index contributed by atoms with van der Waals surface area (Å²) < 4.78 is 0. The van der Waals surface area contributed by atoms with E-state index in [4.69, 9.17) is 0 Å². The lowest BCUT2D eigenvalue weighted by molar-refractivity contribution is 0.498. The SMILES string of the molecule is CC(C)C(c1ccncc1)C(C)Br. The summed E-state index contributed by atoms with van der Waals surface area (Å²) in [6.45, 7) is 6.71. The van der Waals surface area contributed by atoms with Gasteiger partial charge in [0.25, 0.3) is 0 Å². The third-order valence-electron chi connectivity index (χ3n) is 2.30. The highest BCUT2D eigenvalue weighted by atomic mass is 79.9. The molecule has 0 fully saturated rings. The molecular formula is C11H16BrN. The van der Waals surface area contributed by atoms with E-state index in [-0.39, 0.29) is 0 Å². The van der Waals surface area contributed by atoms with Crippen LogP contribution in [-0.4, -0.2) is 9.81 Å². The van der Waals surface area contributed by atoms with Crippen LogP contribution in [0.1, 0.15) is 32.3 Å². The number of rotatable bonds is 3. The minimum atomic E-state index is 0.509. The van der Waals surface area contributed by atoms with Crippen LogP contribution in [0, 0.1) is 5.92 Å². The van der Waals surface area contributed by atoms with Gasteiger partial charge in [0.2, 0.25) is 0 Å². The molecule has 0 aliphatic heterocycles. The maximum Gasteiger partial charge on any atom is 0.0270 e. The number of nitrogens with zero attached hydrogens (tertiary/aromatic N) is 1. The predicted molar refractivity (Wildman–Crippen MR) is 60.2 cm³/mol. The van der Waals surface area contributed by atoms with Crippen LogP contribution < -0.4 is 0 Å². The quantitative estimate of drug-likeness (QED) is 0.738. The van der Waals surface area contributed by atoms with Crippen molar-refractivity contribution < 1.29 is 0 Å². The molecule has 0 saturated heterocycles. The van der Waals surface area contributed by atoms with Crippen molar-refractivity contribution in [2.75, 3.05) is 0 Å². The number of pyridine rings is 1. The van der Waals surface area contributed by atoms with E-state index in [2.05, 4.69) is 53.8 Å². The van der Waals surface area contributed by atoms with Crippen LogP contribution in [0.2, 0.25) is 0 Å². The fourth-order valence-corrected chi connectivity index (χ4v) is 2.68. The standard InChI is InChI=1S/C11H16BrN/c1-8(2)11(9(3)12)10-4-6-13-7-5-10/h4-9,11H,1-3H3. The third-order valence-corrected chi connectivity index (χ3v) is 2.87. The van der Waals surface area contributed by atoms with Crippen LogP contribution >= 0.6 is 15.9 Å². The van der Waals surface area contributed by atoms with Crippen molar-refractivity contribution in [3.8, 4) is 0 Å². The number of aromatic nitrogens is 1. The summed E-state index contributed by atoms with van der Waals surface area (Å²) in [7, 11) is 0. The van der Waals surface area contributed by atoms with Crippen LogP contribution in [0.25, 0.3) is 0 Å². The second-order valence-electron chi connectivity index (χ2n) is 3.73. The number of hydrogen-bond acceptors (Lipinski definition) is 1. The molecule has 0 aliphatic carbocycles. The molecule has 1 aromatic heterocycles.